The van der Waals surface area contributed by atoms with Crippen LogP contribution in [-0.4, -0.2) is 72.4 Å². The fourth-order valence-electron chi connectivity index (χ4n) is 3.25. The van der Waals surface area contributed by atoms with Crippen molar-refractivity contribution < 1.29 is 29.3 Å². The lowest BCUT2D eigenvalue weighted by atomic mass is 10.1. The molecule has 1 heterocycles. The summed E-state index contributed by atoms with van der Waals surface area (Å²) < 4.78 is 10.8. The van der Waals surface area contributed by atoms with Crippen molar-refractivity contribution in [2.24, 2.45) is 0 Å². The molecule has 0 saturated carbocycles. The van der Waals surface area contributed by atoms with Crippen molar-refractivity contribution in [1.82, 2.24) is 9.80 Å². The lowest BCUT2D eigenvalue weighted by Gasteiger charge is -2.35. The molecule has 0 unspecified atom stereocenters. The second-order valence-electron chi connectivity index (χ2n) is 6.97. The van der Waals surface area contributed by atoms with Gasteiger partial charge >= 0.3 is 11.9 Å². The van der Waals surface area contributed by atoms with Crippen molar-refractivity contribution in [1.29, 1.82) is 0 Å². The summed E-state index contributed by atoms with van der Waals surface area (Å²) in [4.78, 5) is 23.1. The first-order valence-corrected chi connectivity index (χ1v) is 10.1. The standard InChI is InChI=1S/C20H25ClN2O2.C2H2O4/c1-24-19-6-7-20(25-2)17(13-19)15-23-10-8-22(9-11-23)14-16-4-3-5-18(21)12-16;3-1(4)2(5)6/h3-7,12-13H,8-11,14-15H2,1-2H3;(H,3,4)(H,5,6). The third-order valence-corrected chi connectivity index (χ3v) is 5.06. The molecule has 0 atom stereocenters. The van der Waals surface area contributed by atoms with Crippen molar-refractivity contribution in [3.63, 3.8) is 0 Å². The number of carboxylic acids is 2. The molecular weight excluding hydrogens is 424 g/mol. The lowest BCUT2D eigenvalue weighted by Crippen LogP contribution is -2.45. The Morgan fingerprint density at radius 3 is 2.03 bits per heavy atom. The second-order valence-corrected chi connectivity index (χ2v) is 7.41. The Labute approximate surface area is 186 Å². The van der Waals surface area contributed by atoms with Gasteiger partial charge in [0.2, 0.25) is 0 Å². The van der Waals surface area contributed by atoms with Gasteiger partial charge in [0.1, 0.15) is 11.5 Å². The molecule has 31 heavy (non-hydrogen) atoms. The van der Waals surface area contributed by atoms with E-state index in [1.54, 1.807) is 14.2 Å². The Morgan fingerprint density at radius 2 is 1.52 bits per heavy atom. The zero-order chi connectivity index (χ0) is 22.8. The molecule has 1 aliphatic rings. The Balaban J connectivity index is 0.000000501. The van der Waals surface area contributed by atoms with Gasteiger partial charge in [-0.3, -0.25) is 9.80 Å². The van der Waals surface area contributed by atoms with E-state index >= 15 is 0 Å². The number of ether oxygens (including phenoxy) is 2. The highest BCUT2D eigenvalue weighted by Gasteiger charge is 2.18. The van der Waals surface area contributed by atoms with Gasteiger partial charge in [-0.15, -0.1) is 0 Å². The predicted molar refractivity (Wildman–Crippen MR) is 117 cm³/mol. The van der Waals surface area contributed by atoms with Crippen molar-refractivity contribution in [3.8, 4) is 11.5 Å². The first kappa shape index (κ1) is 24.5. The summed E-state index contributed by atoms with van der Waals surface area (Å²) in [6.45, 7) is 6.03. The largest absolute Gasteiger partial charge is 0.497 e. The minimum atomic E-state index is -1.82. The summed E-state index contributed by atoms with van der Waals surface area (Å²) in [7, 11) is 3.41. The van der Waals surface area contributed by atoms with E-state index in [9.17, 15) is 0 Å². The highest BCUT2D eigenvalue weighted by atomic mass is 35.5. The molecule has 3 rings (SSSR count). The van der Waals surface area contributed by atoms with E-state index in [-0.39, 0.29) is 0 Å². The van der Waals surface area contributed by atoms with Crippen LogP contribution in [0.3, 0.4) is 0 Å². The minimum Gasteiger partial charge on any atom is -0.497 e. The Bertz CT molecular complexity index is 872. The SMILES string of the molecule is COc1ccc(OC)c(CN2CCN(Cc3cccc(Cl)c3)CC2)c1.O=C(O)C(=O)O. The highest BCUT2D eigenvalue weighted by Crippen LogP contribution is 2.25. The smallest absolute Gasteiger partial charge is 0.414 e. The van der Waals surface area contributed by atoms with Crippen molar-refractivity contribution >= 4 is 23.5 Å². The summed E-state index contributed by atoms with van der Waals surface area (Å²) in [6, 6.07) is 14.1. The maximum Gasteiger partial charge on any atom is 0.414 e. The molecule has 2 aromatic rings. The van der Waals surface area contributed by atoms with E-state index in [2.05, 4.69) is 28.0 Å². The molecular formula is C22H27ClN2O6. The minimum absolute atomic E-state index is 0.807. The van der Waals surface area contributed by atoms with Crippen LogP contribution in [0.15, 0.2) is 42.5 Å². The van der Waals surface area contributed by atoms with Crippen LogP contribution in [0.4, 0.5) is 0 Å². The van der Waals surface area contributed by atoms with Gasteiger partial charge in [0.25, 0.3) is 0 Å². The van der Waals surface area contributed by atoms with Crippen molar-refractivity contribution in [2.45, 2.75) is 13.1 Å². The Morgan fingerprint density at radius 1 is 0.903 bits per heavy atom. The van der Waals surface area contributed by atoms with E-state index in [0.717, 1.165) is 55.8 Å². The average molecular weight is 451 g/mol. The van der Waals surface area contributed by atoms with E-state index in [0.29, 0.717) is 0 Å². The van der Waals surface area contributed by atoms with Crippen LogP contribution in [0.1, 0.15) is 11.1 Å². The molecule has 0 spiro atoms. The topological polar surface area (TPSA) is 99.5 Å². The lowest BCUT2D eigenvalue weighted by molar-refractivity contribution is -0.159. The highest BCUT2D eigenvalue weighted by molar-refractivity contribution is 6.30. The molecule has 0 bridgehead atoms. The number of hydrogen-bond donors (Lipinski definition) is 2. The van der Waals surface area contributed by atoms with Gasteiger partial charge in [0, 0.05) is 49.9 Å². The van der Waals surface area contributed by atoms with Crippen molar-refractivity contribution in [2.75, 3.05) is 40.4 Å². The number of nitrogens with zero attached hydrogens (tertiary/aromatic N) is 2. The Kier molecular flexibility index (Phi) is 9.58. The molecule has 9 heteroatoms. The summed E-state index contributed by atoms with van der Waals surface area (Å²) in [5.74, 6) is -1.86. The van der Waals surface area contributed by atoms with E-state index in [4.69, 9.17) is 40.9 Å². The van der Waals surface area contributed by atoms with Crippen LogP contribution in [0.2, 0.25) is 5.02 Å². The van der Waals surface area contributed by atoms with E-state index < -0.39 is 11.9 Å². The molecule has 1 fully saturated rings. The maximum atomic E-state index is 9.10. The molecule has 2 aromatic carbocycles. The molecule has 1 aliphatic heterocycles. The number of rotatable bonds is 6. The van der Waals surface area contributed by atoms with Gasteiger partial charge in [-0.25, -0.2) is 9.59 Å². The normalized spacial score (nSPS) is 14.3. The van der Waals surface area contributed by atoms with Gasteiger partial charge in [-0.1, -0.05) is 23.7 Å². The van der Waals surface area contributed by atoms with Gasteiger partial charge in [0.05, 0.1) is 14.2 Å². The third kappa shape index (κ3) is 8.09. The number of hydrogen-bond acceptors (Lipinski definition) is 6. The Hall–Kier alpha value is -2.81. The van der Waals surface area contributed by atoms with Crippen LogP contribution in [0.25, 0.3) is 0 Å². The number of halogens is 1. The molecule has 168 valence electrons. The van der Waals surface area contributed by atoms with Crippen LogP contribution in [-0.2, 0) is 22.7 Å². The van der Waals surface area contributed by atoms with Crippen molar-refractivity contribution in [3.05, 3.63) is 58.6 Å². The van der Waals surface area contributed by atoms with Gasteiger partial charge < -0.3 is 19.7 Å². The summed E-state index contributed by atoms with van der Waals surface area (Å²) in [6.07, 6.45) is 0. The van der Waals surface area contributed by atoms with E-state index in [1.165, 1.54) is 11.1 Å². The summed E-state index contributed by atoms with van der Waals surface area (Å²) in [5.41, 5.74) is 2.44. The van der Waals surface area contributed by atoms with Crippen LogP contribution < -0.4 is 9.47 Å². The molecule has 2 N–H and O–H groups in total. The fourth-order valence-corrected chi connectivity index (χ4v) is 3.46. The number of methoxy groups -OCH3 is 2. The van der Waals surface area contributed by atoms with Crippen LogP contribution >= 0.6 is 11.6 Å². The summed E-state index contributed by atoms with van der Waals surface area (Å²) >= 11 is 6.08. The van der Waals surface area contributed by atoms with Crippen LogP contribution in [0.5, 0.6) is 11.5 Å². The molecule has 0 aromatic heterocycles. The van der Waals surface area contributed by atoms with Gasteiger partial charge in [-0.05, 0) is 35.9 Å². The zero-order valence-corrected chi connectivity index (χ0v) is 18.3. The average Bonchev–Trinajstić information content (AvgIpc) is 2.75. The number of carbonyl (C=O) groups is 2. The first-order chi connectivity index (χ1) is 14.8. The van der Waals surface area contributed by atoms with E-state index in [1.807, 2.05) is 24.3 Å². The quantitative estimate of drug-likeness (QED) is 0.648. The maximum absolute atomic E-state index is 9.10. The third-order valence-electron chi connectivity index (χ3n) is 4.82. The number of benzene rings is 2. The molecule has 0 aliphatic carbocycles. The monoisotopic (exact) mass is 450 g/mol. The molecule has 0 radical (unpaired) electrons. The zero-order valence-electron chi connectivity index (χ0n) is 17.6. The number of aliphatic carboxylic acids is 2. The number of carboxylic acid groups (broad SMARTS) is 2. The van der Waals surface area contributed by atoms with Gasteiger partial charge in [-0.2, -0.15) is 0 Å². The second kappa shape index (κ2) is 12.1. The molecule has 0 amide bonds. The summed E-state index contributed by atoms with van der Waals surface area (Å²) in [5, 5.41) is 15.6. The number of piperazine rings is 1. The van der Waals surface area contributed by atoms with Gasteiger partial charge in [0.15, 0.2) is 0 Å². The molecule has 8 nitrogen and oxygen atoms in total. The first-order valence-electron chi connectivity index (χ1n) is 9.68. The van der Waals surface area contributed by atoms with Crippen LogP contribution in [0, 0.1) is 0 Å². The fraction of sp³-hybridized carbons (Fsp3) is 0.364. The molecule has 1 saturated heterocycles. The predicted octanol–water partition coefficient (Wildman–Crippen LogP) is 2.83.